The van der Waals surface area contributed by atoms with Gasteiger partial charge in [-0.15, -0.1) is 5.10 Å². The van der Waals surface area contributed by atoms with E-state index in [2.05, 4.69) is 10.4 Å². The highest BCUT2D eigenvalue weighted by atomic mass is 35.5. The fourth-order valence-corrected chi connectivity index (χ4v) is 4.08. The van der Waals surface area contributed by atoms with Crippen LogP contribution in [-0.4, -0.2) is 35.9 Å². The Morgan fingerprint density at radius 3 is 2.82 bits per heavy atom. The van der Waals surface area contributed by atoms with Crippen LogP contribution in [0.15, 0.2) is 53.3 Å². The van der Waals surface area contributed by atoms with E-state index in [1.807, 2.05) is 11.8 Å². The molecule has 1 fully saturated rings. The number of hydrogen-bond acceptors (Lipinski definition) is 5. The summed E-state index contributed by atoms with van der Waals surface area (Å²) >= 11 is 6.16. The van der Waals surface area contributed by atoms with Crippen molar-refractivity contribution in [2.45, 2.75) is 19.8 Å². The number of benzene rings is 2. The summed E-state index contributed by atoms with van der Waals surface area (Å²) in [5, 5.41) is 7.95. The number of nitrogens with one attached hydrogen (secondary N) is 1. The number of rotatable bonds is 5. The first-order valence-electron chi connectivity index (χ1n) is 10.6. The summed E-state index contributed by atoms with van der Waals surface area (Å²) in [5.74, 6) is 0.190. The van der Waals surface area contributed by atoms with Crippen LogP contribution in [0.2, 0.25) is 5.02 Å². The Morgan fingerprint density at radius 2 is 2.06 bits per heavy atom. The minimum absolute atomic E-state index is 0.127. The van der Waals surface area contributed by atoms with E-state index in [1.165, 1.54) is 36.1 Å². The van der Waals surface area contributed by atoms with Crippen LogP contribution in [0.4, 0.5) is 15.9 Å². The van der Waals surface area contributed by atoms with Crippen molar-refractivity contribution in [3.8, 4) is 11.4 Å². The molecular formula is C24H24ClFN4O3. The maximum Gasteiger partial charge on any atom is 0.271 e. The molecule has 172 valence electrons. The SMILES string of the molecule is COc1cc(Cl)c(C)cc1NC(=O)[C@@H]1CCCN(c2ccc(=O)n(-c3cccc(F)c3)n2)C1. The molecule has 0 spiro atoms. The van der Waals surface area contributed by atoms with E-state index in [-0.39, 0.29) is 17.4 Å². The lowest BCUT2D eigenvalue weighted by atomic mass is 9.97. The number of nitrogens with zero attached hydrogens (tertiary/aromatic N) is 3. The van der Waals surface area contributed by atoms with E-state index in [4.69, 9.17) is 16.3 Å². The maximum atomic E-state index is 13.6. The zero-order valence-electron chi connectivity index (χ0n) is 18.3. The summed E-state index contributed by atoms with van der Waals surface area (Å²) in [6.07, 6.45) is 1.51. The second-order valence-corrected chi connectivity index (χ2v) is 8.40. The number of amides is 1. The fraction of sp³-hybridized carbons (Fsp3) is 0.292. The number of piperidine rings is 1. The number of carbonyl (C=O) groups excluding carboxylic acids is 1. The van der Waals surface area contributed by atoms with Gasteiger partial charge in [-0.05, 0) is 55.7 Å². The number of hydrogen-bond donors (Lipinski definition) is 1. The summed E-state index contributed by atoms with van der Waals surface area (Å²) < 4.78 is 20.2. The largest absolute Gasteiger partial charge is 0.495 e. The molecule has 1 aliphatic rings. The molecule has 0 radical (unpaired) electrons. The Bertz CT molecular complexity index is 1250. The van der Waals surface area contributed by atoms with Crippen LogP contribution in [0.25, 0.3) is 5.69 Å². The molecule has 1 N–H and O–H groups in total. The second-order valence-electron chi connectivity index (χ2n) is 8.00. The smallest absolute Gasteiger partial charge is 0.271 e. The zero-order valence-corrected chi connectivity index (χ0v) is 19.1. The molecule has 1 atom stereocenters. The number of anilines is 2. The van der Waals surface area contributed by atoms with Gasteiger partial charge in [-0.2, -0.15) is 4.68 Å². The Balaban J connectivity index is 1.53. The van der Waals surface area contributed by atoms with Gasteiger partial charge in [0.1, 0.15) is 17.4 Å². The molecular weight excluding hydrogens is 447 g/mol. The number of aromatic nitrogens is 2. The van der Waals surface area contributed by atoms with Gasteiger partial charge in [-0.3, -0.25) is 9.59 Å². The van der Waals surface area contributed by atoms with Gasteiger partial charge in [0, 0.05) is 30.2 Å². The highest BCUT2D eigenvalue weighted by Crippen LogP contribution is 2.32. The molecule has 1 aromatic heterocycles. The van der Waals surface area contributed by atoms with Gasteiger partial charge in [0.05, 0.1) is 24.4 Å². The van der Waals surface area contributed by atoms with E-state index in [0.29, 0.717) is 41.1 Å². The van der Waals surface area contributed by atoms with E-state index in [1.54, 1.807) is 24.3 Å². The highest BCUT2D eigenvalue weighted by Gasteiger charge is 2.27. The van der Waals surface area contributed by atoms with Crippen molar-refractivity contribution in [1.82, 2.24) is 9.78 Å². The summed E-state index contributed by atoms with van der Waals surface area (Å²) in [5.41, 5.74) is 1.39. The quantitative estimate of drug-likeness (QED) is 0.605. The maximum absolute atomic E-state index is 13.6. The molecule has 0 unspecified atom stereocenters. The van der Waals surface area contributed by atoms with Gasteiger partial charge in [0.2, 0.25) is 5.91 Å². The number of carbonyl (C=O) groups is 1. The highest BCUT2D eigenvalue weighted by molar-refractivity contribution is 6.31. The van der Waals surface area contributed by atoms with Crippen LogP contribution in [0.5, 0.6) is 5.75 Å². The Kier molecular flexibility index (Phi) is 6.65. The number of methoxy groups -OCH3 is 1. The lowest BCUT2D eigenvalue weighted by Crippen LogP contribution is -2.41. The molecule has 33 heavy (non-hydrogen) atoms. The molecule has 0 aliphatic carbocycles. The van der Waals surface area contributed by atoms with Gasteiger partial charge in [-0.1, -0.05) is 17.7 Å². The predicted molar refractivity (Wildman–Crippen MR) is 126 cm³/mol. The Morgan fingerprint density at radius 1 is 1.24 bits per heavy atom. The van der Waals surface area contributed by atoms with E-state index >= 15 is 0 Å². The van der Waals surface area contributed by atoms with Crippen molar-refractivity contribution in [2.24, 2.45) is 5.92 Å². The molecule has 2 heterocycles. The molecule has 0 saturated carbocycles. The molecule has 1 amide bonds. The molecule has 1 saturated heterocycles. The molecule has 1 aliphatic heterocycles. The third-order valence-corrected chi connectivity index (χ3v) is 6.10. The fourth-order valence-electron chi connectivity index (χ4n) is 3.93. The van der Waals surface area contributed by atoms with Gasteiger partial charge in [0.25, 0.3) is 5.56 Å². The number of ether oxygens (including phenoxy) is 1. The number of aryl methyl sites for hydroxylation is 1. The first kappa shape index (κ1) is 22.8. The summed E-state index contributed by atoms with van der Waals surface area (Å²) in [4.78, 5) is 27.3. The van der Waals surface area contributed by atoms with Crippen LogP contribution in [0.3, 0.4) is 0 Å². The molecule has 9 heteroatoms. The molecule has 2 aromatic carbocycles. The van der Waals surface area contributed by atoms with Crippen LogP contribution < -0.4 is 20.5 Å². The van der Waals surface area contributed by atoms with Crippen molar-refractivity contribution in [3.63, 3.8) is 0 Å². The first-order chi connectivity index (χ1) is 15.9. The second kappa shape index (κ2) is 9.62. The molecule has 4 rings (SSSR count). The standard InChI is InChI=1S/C24H24ClFN4O3/c1-15-11-20(21(33-2)13-19(15)25)27-24(32)16-5-4-10-29(14-16)22-8-9-23(31)30(28-22)18-7-3-6-17(26)12-18/h3,6-9,11-13,16H,4-5,10,14H2,1-2H3,(H,27,32)/t16-/m1/s1. The van der Waals surface area contributed by atoms with Crippen molar-refractivity contribution in [2.75, 3.05) is 30.4 Å². The number of halogens is 2. The van der Waals surface area contributed by atoms with Crippen LogP contribution in [0, 0.1) is 18.7 Å². The van der Waals surface area contributed by atoms with Gasteiger partial charge in [-0.25, -0.2) is 4.39 Å². The molecule has 7 nitrogen and oxygen atoms in total. The van der Waals surface area contributed by atoms with Crippen molar-refractivity contribution < 1.29 is 13.9 Å². The molecule has 3 aromatic rings. The first-order valence-corrected chi connectivity index (χ1v) is 11.0. The normalized spacial score (nSPS) is 15.9. The summed E-state index contributed by atoms with van der Waals surface area (Å²) in [6, 6.07) is 12.2. The minimum Gasteiger partial charge on any atom is -0.495 e. The van der Waals surface area contributed by atoms with Gasteiger partial charge >= 0.3 is 0 Å². The van der Waals surface area contributed by atoms with E-state index in [0.717, 1.165) is 18.4 Å². The van der Waals surface area contributed by atoms with Gasteiger partial charge in [0.15, 0.2) is 0 Å². The zero-order chi connectivity index (χ0) is 23.5. The lowest BCUT2D eigenvalue weighted by Gasteiger charge is -2.33. The lowest BCUT2D eigenvalue weighted by molar-refractivity contribution is -0.120. The average Bonchev–Trinajstić information content (AvgIpc) is 2.81. The van der Waals surface area contributed by atoms with E-state index < -0.39 is 5.82 Å². The van der Waals surface area contributed by atoms with Crippen molar-refractivity contribution in [3.05, 3.63) is 75.3 Å². The minimum atomic E-state index is -0.450. The average molecular weight is 471 g/mol. The van der Waals surface area contributed by atoms with Crippen LogP contribution >= 0.6 is 11.6 Å². The Hall–Kier alpha value is -3.39. The summed E-state index contributed by atoms with van der Waals surface area (Å²) in [6.45, 7) is 3.00. The monoisotopic (exact) mass is 470 g/mol. The molecule has 0 bridgehead atoms. The van der Waals surface area contributed by atoms with Crippen LogP contribution in [-0.2, 0) is 4.79 Å². The predicted octanol–water partition coefficient (Wildman–Crippen LogP) is 4.20. The van der Waals surface area contributed by atoms with E-state index in [9.17, 15) is 14.0 Å². The van der Waals surface area contributed by atoms with Crippen LogP contribution in [0.1, 0.15) is 18.4 Å². The van der Waals surface area contributed by atoms with Crippen molar-refractivity contribution in [1.29, 1.82) is 0 Å². The Labute approximate surface area is 195 Å². The topological polar surface area (TPSA) is 76.5 Å². The third-order valence-electron chi connectivity index (χ3n) is 5.69. The van der Waals surface area contributed by atoms with Gasteiger partial charge < -0.3 is 15.0 Å². The summed E-state index contributed by atoms with van der Waals surface area (Å²) in [7, 11) is 1.53. The third kappa shape index (κ3) is 5.01. The van der Waals surface area contributed by atoms with Crippen molar-refractivity contribution >= 4 is 29.0 Å².